The summed E-state index contributed by atoms with van der Waals surface area (Å²) in [5, 5.41) is 35.0. The summed E-state index contributed by atoms with van der Waals surface area (Å²) in [4.78, 5) is 0. The first-order valence-electron chi connectivity index (χ1n) is 5.36. The minimum atomic E-state index is -0.648. The van der Waals surface area contributed by atoms with Crippen LogP contribution < -0.4 is 0 Å². The summed E-state index contributed by atoms with van der Waals surface area (Å²) in [6.07, 6.45) is 1.20. The van der Waals surface area contributed by atoms with E-state index in [1.54, 1.807) is 0 Å². The third kappa shape index (κ3) is 10.1. The van der Waals surface area contributed by atoms with Crippen molar-refractivity contribution in [2.45, 2.75) is 37.9 Å². The Labute approximate surface area is 90.3 Å². The van der Waals surface area contributed by atoms with E-state index in [0.717, 1.165) is 0 Å². The molecule has 0 aromatic rings. The van der Waals surface area contributed by atoms with Crippen LogP contribution in [-0.4, -0.2) is 59.1 Å². The normalized spacial score (nSPS) is 15.2. The minimum absolute atomic E-state index is 0.206. The van der Waals surface area contributed by atoms with Gasteiger partial charge in [0.2, 0.25) is 0 Å². The molecular formula is C10H22O5. The first kappa shape index (κ1) is 14.8. The molecule has 92 valence electrons. The van der Waals surface area contributed by atoms with Crippen molar-refractivity contribution in [2.75, 3.05) is 26.4 Å². The Kier molecular flexibility index (Phi) is 10.2. The highest BCUT2D eigenvalue weighted by molar-refractivity contribution is 4.53. The lowest BCUT2D eigenvalue weighted by atomic mass is 10.2. The standard InChI is InChI=1S/C10H22O5/c11-7-9(13)3-1-5-15-6-2-4-10(14)8-12/h9-14H,1-8H2. The van der Waals surface area contributed by atoms with Gasteiger partial charge in [0, 0.05) is 13.2 Å². The van der Waals surface area contributed by atoms with Crippen molar-refractivity contribution in [3.8, 4) is 0 Å². The van der Waals surface area contributed by atoms with Crippen LogP contribution in [0.4, 0.5) is 0 Å². The Morgan fingerprint density at radius 3 is 1.53 bits per heavy atom. The van der Waals surface area contributed by atoms with Gasteiger partial charge in [-0.05, 0) is 25.7 Å². The Morgan fingerprint density at radius 2 is 1.20 bits per heavy atom. The molecule has 0 spiro atoms. The zero-order chi connectivity index (χ0) is 11.5. The lowest BCUT2D eigenvalue weighted by Gasteiger charge is -2.08. The molecule has 0 aliphatic carbocycles. The zero-order valence-corrected chi connectivity index (χ0v) is 9.01. The van der Waals surface area contributed by atoms with Gasteiger partial charge >= 0.3 is 0 Å². The van der Waals surface area contributed by atoms with Crippen LogP contribution >= 0.6 is 0 Å². The van der Waals surface area contributed by atoms with E-state index >= 15 is 0 Å². The maximum atomic E-state index is 9.00. The van der Waals surface area contributed by atoms with E-state index in [2.05, 4.69) is 0 Å². The van der Waals surface area contributed by atoms with E-state index < -0.39 is 12.2 Å². The van der Waals surface area contributed by atoms with Gasteiger partial charge in [-0.15, -0.1) is 0 Å². The van der Waals surface area contributed by atoms with Crippen molar-refractivity contribution < 1.29 is 25.2 Å². The predicted molar refractivity (Wildman–Crippen MR) is 55.5 cm³/mol. The molecule has 2 unspecified atom stereocenters. The molecule has 0 saturated heterocycles. The van der Waals surface area contributed by atoms with Crippen molar-refractivity contribution in [1.29, 1.82) is 0 Å². The largest absolute Gasteiger partial charge is 0.394 e. The fourth-order valence-electron chi connectivity index (χ4n) is 1.13. The maximum absolute atomic E-state index is 9.00. The summed E-state index contributed by atoms with van der Waals surface area (Å²) in [7, 11) is 0. The van der Waals surface area contributed by atoms with Gasteiger partial charge in [-0.2, -0.15) is 0 Å². The van der Waals surface area contributed by atoms with E-state index in [-0.39, 0.29) is 13.2 Å². The van der Waals surface area contributed by atoms with Gasteiger partial charge in [0.15, 0.2) is 0 Å². The predicted octanol–water partition coefficient (Wildman–Crippen LogP) is -0.730. The highest BCUT2D eigenvalue weighted by atomic mass is 16.5. The molecule has 0 heterocycles. The van der Waals surface area contributed by atoms with Crippen LogP contribution in [-0.2, 0) is 4.74 Å². The van der Waals surface area contributed by atoms with Crippen molar-refractivity contribution in [2.24, 2.45) is 0 Å². The van der Waals surface area contributed by atoms with Crippen LogP contribution in [0.5, 0.6) is 0 Å². The van der Waals surface area contributed by atoms with E-state index in [9.17, 15) is 0 Å². The SMILES string of the molecule is OCC(O)CCCOCCCC(O)CO. The summed E-state index contributed by atoms with van der Waals surface area (Å²) >= 11 is 0. The third-order valence-corrected chi connectivity index (χ3v) is 2.07. The molecule has 0 fully saturated rings. The molecule has 0 rings (SSSR count). The van der Waals surface area contributed by atoms with Crippen LogP contribution in [0.25, 0.3) is 0 Å². The molecule has 0 aliphatic rings. The fraction of sp³-hybridized carbons (Fsp3) is 1.00. The molecule has 0 aliphatic heterocycles. The molecule has 0 radical (unpaired) electrons. The number of rotatable bonds is 10. The molecular weight excluding hydrogens is 200 g/mol. The lowest BCUT2D eigenvalue weighted by molar-refractivity contribution is 0.0584. The number of hydrogen-bond acceptors (Lipinski definition) is 5. The molecule has 15 heavy (non-hydrogen) atoms. The van der Waals surface area contributed by atoms with E-state index in [4.69, 9.17) is 25.2 Å². The van der Waals surface area contributed by atoms with Crippen molar-refractivity contribution in [3.63, 3.8) is 0 Å². The first-order valence-corrected chi connectivity index (χ1v) is 5.36. The maximum Gasteiger partial charge on any atom is 0.0771 e. The van der Waals surface area contributed by atoms with Crippen LogP contribution in [0.15, 0.2) is 0 Å². The quantitative estimate of drug-likeness (QED) is 0.366. The number of aliphatic hydroxyl groups excluding tert-OH is 4. The van der Waals surface area contributed by atoms with Gasteiger partial charge in [-0.25, -0.2) is 0 Å². The molecule has 0 amide bonds. The van der Waals surface area contributed by atoms with Crippen molar-refractivity contribution in [1.82, 2.24) is 0 Å². The highest BCUT2D eigenvalue weighted by Crippen LogP contribution is 1.99. The van der Waals surface area contributed by atoms with Gasteiger partial charge in [0.25, 0.3) is 0 Å². The Hall–Kier alpha value is -0.200. The van der Waals surface area contributed by atoms with Gasteiger partial charge in [0.1, 0.15) is 0 Å². The second-order valence-corrected chi connectivity index (χ2v) is 3.57. The molecule has 0 bridgehead atoms. The molecule has 5 heteroatoms. The number of aliphatic hydroxyl groups is 4. The number of ether oxygens (including phenoxy) is 1. The minimum Gasteiger partial charge on any atom is -0.394 e. The van der Waals surface area contributed by atoms with Gasteiger partial charge in [-0.3, -0.25) is 0 Å². The Morgan fingerprint density at radius 1 is 0.800 bits per heavy atom. The molecule has 2 atom stereocenters. The average Bonchev–Trinajstić information content (AvgIpc) is 2.26. The summed E-state index contributed by atoms with van der Waals surface area (Å²) in [5.41, 5.74) is 0. The van der Waals surface area contributed by atoms with Crippen molar-refractivity contribution >= 4 is 0 Å². The van der Waals surface area contributed by atoms with Crippen LogP contribution in [0.3, 0.4) is 0 Å². The van der Waals surface area contributed by atoms with E-state index in [0.29, 0.717) is 38.9 Å². The molecule has 5 nitrogen and oxygen atoms in total. The van der Waals surface area contributed by atoms with Gasteiger partial charge < -0.3 is 25.2 Å². The van der Waals surface area contributed by atoms with E-state index in [1.807, 2.05) is 0 Å². The van der Waals surface area contributed by atoms with Crippen LogP contribution in [0, 0.1) is 0 Å². The molecule has 0 aromatic heterocycles. The topological polar surface area (TPSA) is 90.2 Å². The van der Waals surface area contributed by atoms with Gasteiger partial charge in [0.05, 0.1) is 25.4 Å². The average molecular weight is 222 g/mol. The lowest BCUT2D eigenvalue weighted by Crippen LogP contribution is -2.14. The molecule has 0 saturated carbocycles. The number of hydrogen-bond donors (Lipinski definition) is 4. The second kappa shape index (κ2) is 10.3. The second-order valence-electron chi connectivity index (χ2n) is 3.57. The summed E-state index contributed by atoms with van der Waals surface area (Å²) in [6.45, 7) is 0.684. The Bertz CT molecular complexity index is 117. The smallest absolute Gasteiger partial charge is 0.0771 e. The van der Waals surface area contributed by atoms with Crippen LogP contribution in [0.2, 0.25) is 0 Å². The Balaban J connectivity index is 3.05. The molecule has 0 aromatic carbocycles. The fourth-order valence-corrected chi connectivity index (χ4v) is 1.13. The zero-order valence-electron chi connectivity index (χ0n) is 9.01. The highest BCUT2D eigenvalue weighted by Gasteiger charge is 2.02. The summed E-state index contributed by atoms with van der Waals surface area (Å²) in [6, 6.07) is 0. The molecule has 4 N–H and O–H groups in total. The monoisotopic (exact) mass is 222 g/mol. The van der Waals surface area contributed by atoms with E-state index in [1.165, 1.54) is 0 Å². The van der Waals surface area contributed by atoms with Gasteiger partial charge in [-0.1, -0.05) is 0 Å². The first-order chi connectivity index (χ1) is 7.20. The van der Waals surface area contributed by atoms with Crippen LogP contribution in [0.1, 0.15) is 25.7 Å². The summed E-state index contributed by atoms with van der Waals surface area (Å²) < 4.78 is 5.24. The van der Waals surface area contributed by atoms with Crippen molar-refractivity contribution in [3.05, 3.63) is 0 Å². The third-order valence-electron chi connectivity index (χ3n) is 2.07. The summed E-state index contributed by atoms with van der Waals surface area (Å²) in [5.74, 6) is 0.